The fourth-order valence-corrected chi connectivity index (χ4v) is 2.90. The van der Waals surface area contributed by atoms with Gasteiger partial charge in [-0.1, -0.05) is 33.3 Å². The Labute approximate surface area is 123 Å². The Kier molecular flexibility index (Phi) is 5.84. The molecule has 3 nitrogen and oxygen atoms in total. The van der Waals surface area contributed by atoms with Gasteiger partial charge >= 0.3 is 0 Å². The molecule has 112 valence electrons. The van der Waals surface area contributed by atoms with Crippen molar-refractivity contribution < 1.29 is 0 Å². The van der Waals surface area contributed by atoms with Crippen LogP contribution in [0.4, 0.5) is 5.82 Å². The summed E-state index contributed by atoms with van der Waals surface area (Å²) in [6.45, 7) is 11.1. The monoisotopic (exact) mass is 275 g/mol. The number of nitrogens with zero attached hydrogens (tertiary/aromatic N) is 2. The summed E-state index contributed by atoms with van der Waals surface area (Å²) >= 11 is 0. The Bertz CT molecular complexity index is 386. The van der Waals surface area contributed by atoms with Crippen molar-refractivity contribution >= 4 is 5.82 Å². The van der Waals surface area contributed by atoms with Crippen molar-refractivity contribution in [3.8, 4) is 0 Å². The highest BCUT2D eigenvalue weighted by Gasteiger charge is 2.22. The first kappa shape index (κ1) is 15.3. The number of aromatic nitrogens is 1. The van der Waals surface area contributed by atoms with E-state index in [1.807, 2.05) is 6.20 Å². The molecule has 0 aliphatic carbocycles. The fourth-order valence-electron chi connectivity index (χ4n) is 2.90. The summed E-state index contributed by atoms with van der Waals surface area (Å²) in [5.74, 6) is 2.72. The third-order valence-electron chi connectivity index (χ3n) is 4.00. The van der Waals surface area contributed by atoms with E-state index >= 15 is 0 Å². The second-order valence-corrected chi connectivity index (χ2v) is 6.44. The molecule has 0 spiro atoms. The van der Waals surface area contributed by atoms with E-state index in [9.17, 15) is 0 Å². The normalized spacial score (nSPS) is 19.0. The standard InChI is InChI=1S/C17H29N3/c1-4-5-15-8-9-20(13-15)17-7-6-16(12-19-17)11-18-10-14(2)3/h6-7,12,14-15,18H,4-5,8-11,13H2,1-3H3. The predicted molar refractivity (Wildman–Crippen MR) is 86.0 cm³/mol. The summed E-state index contributed by atoms with van der Waals surface area (Å²) < 4.78 is 0. The summed E-state index contributed by atoms with van der Waals surface area (Å²) in [7, 11) is 0. The first-order chi connectivity index (χ1) is 9.69. The molecule has 0 bridgehead atoms. The van der Waals surface area contributed by atoms with E-state index in [1.54, 1.807) is 0 Å². The molecular weight excluding hydrogens is 246 g/mol. The van der Waals surface area contributed by atoms with E-state index in [2.05, 4.69) is 48.1 Å². The summed E-state index contributed by atoms with van der Waals surface area (Å²) in [4.78, 5) is 7.08. The number of rotatable bonds is 7. The molecule has 1 saturated heterocycles. The van der Waals surface area contributed by atoms with E-state index in [-0.39, 0.29) is 0 Å². The van der Waals surface area contributed by atoms with Crippen LogP contribution in [-0.2, 0) is 6.54 Å². The van der Waals surface area contributed by atoms with Gasteiger partial charge in [0.1, 0.15) is 5.82 Å². The third kappa shape index (κ3) is 4.48. The summed E-state index contributed by atoms with van der Waals surface area (Å²) in [5.41, 5.74) is 1.28. The molecule has 1 N–H and O–H groups in total. The van der Waals surface area contributed by atoms with Crippen molar-refractivity contribution in [1.82, 2.24) is 10.3 Å². The number of anilines is 1. The molecule has 1 aliphatic rings. The molecule has 3 heteroatoms. The molecule has 0 aromatic carbocycles. The first-order valence-electron chi connectivity index (χ1n) is 8.09. The fraction of sp³-hybridized carbons (Fsp3) is 0.706. The van der Waals surface area contributed by atoms with Gasteiger partial charge in [-0.15, -0.1) is 0 Å². The Morgan fingerprint density at radius 2 is 2.25 bits per heavy atom. The van der Waals surface area contributed by atoms with Gasteiger partial charge < -0.3 is 10.2 Å². The molecule has 0 amide bonds. The highest BCUT2D eigenvalue weighted by molar-refractivity contribution is 5.40. The SMILES string of the molecule is CCCC1CCN(c2ccc(CNCC(C)C)cn2)C1. The summed E-state index contributed by atoms with van der Waals surface area (Å²) in [5, 5.41) is 3.46. The van der Waals surface area contributed by atoms with Gasteiger partial charge in [0.05, 0.1) is 0 Å². The van der Waals surface area contributed by atoms with Crippen molar-refractivity contribution in [1.29, 1.82) is 0 Å². The molecule has 2 heterocycles. The minimum atomic E-state index is 0.697. The van der Waals surface area contributed by atoms with Gasteiger partial charge in [0.15, 0.2) is 0 Å². The quantitative estimate of drug-likeness (QED) is 0.826. The van der Waals surface area contributed by atoms with Gasteiger partial charge in [0.2, 0.25) is 0 Å². The van der Waals surface area contributed by atoms with Crippen LogP contribution in [0, 0.1) is 11.8 Å². The van der Waals surface area contributed by atoms with Crippen molar-refractivity contribution in [2.24, 2.45) is 11.8 Å². The smallest absolute Gasteiger partial charge is 0.128 e. The Balaban J connectivity index is 1.82. The molecule has 1 fully saturated rings. The largest absolute Gasteiger partial charge is 0.356 e. The van der Waals surface area contributed by atoms with Crippen molar-refractivity contribution in [2.75, 3.05) is 24.5 Å². The Morgan fingerprint density at radius 1 is 1.40 bits per heavy atom. The van der Waals surface area contributed by atoms with Crippen LogP contribution in [0.2, 0.25) is 0 Å². The van der Waals surface area contributed by atoms with Crippen molar-refractivity contribution in [3.63, 3.8) is 0 Å². The van der Waals surface area contributed by atoms with E-state index in [0.717, 1.165) is 24.8 Å². The lowest BCUT2D eigenvalue weighted by Crippen LogP contribution is -2.21. The highest BCUT2D eigenvalue weighted by Crippen LogP contribution is 2.25. The minimum Gasteiger partial charge on any atom is -0.356 e. The van der Waals surface area contributed by atoms with Gasteiger partial charge in [0.25, 0.3) is 0 Å². The summed E-state index contributed by atoms with van der Waals surface area (Å²) in [6, 6.07) is 4.39. The predicted octanol–water partition coefficient (Wildman–Crippen LogP) is 3.45. The van der Waals surface area contributed by atoms with Crippen molar-refractivity contribution in [2.45, 2.75) is 46.6 Å². The number of pyridine rings is 1. The van der Waals surface area contributed by atoms with Crippen LogP contribution in [0.25, 0.3) is 0 Å². The lowest BCUT2D eigenvalue weighted by molar-refractivity contribution is 0.529. The maximum atomic E-state index is 4.64. The molecule has 20 heavy (non-hydrogen) atoms. The molecule has 1 unspecified atom stereocenters. The lowest BCUT2D eigenvalue weighted by Gasteiger charge is -2.17. The van der Waals surface area contributed by atoms with Crippen molar-refractivity contribution in [3.05, 3.63) is 23.9 Å². The number of hydrogen-bond acceptors (Lipinski definition) is 3. The Hall–Kier alpha value is -1.09. The highest BCUT2D eigenvalue weighted by atomic mass is 15.2. The van der Waals surface area contributed by atoms with E-state index in [4.69, 9.17) is 0 Å². The van der Waals surface area contributed by atoms with Gasteiger partial charge in [-0.05, 0) is 42.9 Å². The number of nitrogens with one attached hydrogen (secondary N) is 1. The lowest BCUT2D eigenvalue weighted by atomic mass is 10.0. The Morgan fingerprint density at radius 3 is 2.90 bits per heavy atom. The second-order valence-electron chi connectivity index (χ2n) is 6.44. The maximum Gasteiger partial charge on any atom is 0.128 e. The van der Waals surface area contributed by atoms with E-state index in [0.29, 0.717) is 5.92 Å². The van der Waals surface area contributed by atoms with E-state index in [1.165, 1.54) is 37.9 Å². The van der Waals surface area contributed by atoms with Crippen LogP contribution in [0.3, 0.4) is 0 Å². The molecule has 0 radical (unpaired) electrons. The third-order valence-corrected chi connectivity index (χ3v) is 4.00. The zero-order valence-electron chi connectivity index (χ0n) is 13.2. The van der Waals surface area contributed by atoms with Crippen LogP contribution in [0.1, 0.15) is 45.6 Å². The molecule has 1 aliphatic heterocycles. The number of hydrogen-bond donors (Lipinski definition) is 1. The summed E-state index contributed by atoms with van der Waals surface area (Å²) in [6.07, 6.45) is 6.00. The van der Waals surface area contributed by atoms with Crippen LogP contribution in [0.15, 0.2) is 18.3 Å². The zero-order chi connectivity index (χ0) is 14.4. The van der Waals surface area contributed by atoms with Gasteiger partial charge in [-0.3, -0.25) is 0 Å². The van der Waals surface area contributed by atoms with Crippen LogP contribution in [-0.4, -0.2) is 24.6 Å². The zero-order valence-corrected chi connectivity index (χ0v) is 13.2. The molecule has 1 aromatic rings. The van der Waals surface area contributed by atoms with Gasteiger partial charge in [-0.25, -0.2) is 4.98 Å². The molecule has 2 rings (SSSR count). The topological polar surface area (TPSA) is 28.2 Å². The van der Waals surface area contributed by atoms with Gasteiger partial charge in [-0.2, -0.15) is 0 Å². The molecule has 1 atom stereocenters. The molecular formula is C17H29N3. The average molecular weight is 275 g/mol. The molecule has 0 saturated carbocycles. The maximum absolute atomic E-state index is 4.64. The van der Waals surface area contributed by atoms with Gasteiger partial charge in [0, 0.05) is 25.8 Å². The van der Waals surface area contributed by atoms with Crippen LogP contribution in [0.5, 0.6) is 0 Å². The average Bonchev–Trinajstić information content (AvgIpc) is 2.88. The van der Waals surface area contributed by atoms with E-state index < -0.39 is 0 Å². The first-order valence-corrected chi connectivity index (χ1v) is 8.09. The second kappa shape index (κ2) is 7.63. The van der Waals surface area contributed by atoms with Crippen LogP contribution < -0.4 is 10.2 Å². The van der Waals surface area contributed by atoms with Crippen LogP contribution >= 0.6 is 0 Å². The molecule has 1 aromatic heterocycles. The minimum absolute atomic E-state index is 0.697.